The normalized spacial score (nSPS) is 11.3. The van der Waals surface area contributed by atoms with E-state index in [0.717, 1.165) is 5.56 Å². The van der Waals surface area contributed by atoms with Gasteiger partial charge in [-0.15, -0.1) is 0 Å². The average Bonchev–Trinajstić information content (AvgIpc) is 3.03. The number of anilines is 1. The number of nitrogens with zero attached hydrogens (tertiary/aromatic N) is 2. The maximum absolute atomic E-state index is 12.9. The largest absolute Gasteiger partial charge is 0.497 e. The van der Waals surface area contributed by atoms with Gasteiger partial charge in [0, 0.05) is 6.20 Å². The Morgan fingerprint density at radius 1 is 1.12 bits per heavy atom. The van der Waals surface area contributed by atoms with Crippen LogP contribution in [0.2, 0.25) is 0 Å². The molecule has 1 aromatic heterocycles. The standard InChI is InChI=1S/C17H16FN3O3S/c1-24-16-6-8-17(9-7-16)25(22,23)20-15-10-19-21(12-15)11-13-2-4-14(18)5-3-13/h2-10,12,20H,11H2,1H3. The van der Waals surface area contributed by atoms with Crippen molar-refractivity contribution < 1.29 is 17.5 Å². The second kappa shape index (κ2) is 6.94. The van der Waals surface area contributed by atoms with Crippen LogP contribution in [0.25, 0.3) is 0 Å². The van der Waals surface area contributed by atoms with E-state index in [2.05, 4.69) is 9.82 Å². The summed E-state index contributed by atoms with van der Waals surface area (Å²) in [6, 6.07) is 12.1. The lowest BCUT2D eigenvalue weighted by atomic mass is 10.2. The van der Waals surface area contributed by atoms with Gasteiger partial charge in [-0.2, -0.15) is 5.10 Å². The minimum Gasteiger partial charge on any atom is -0.497 e. The molecule has 25 heavy (non-hydrogen) atoms. The molecular formula is C17H16FN3O3S. The SMILES string of the molecule is COc1ccc(S(=O)(=O)Nc2cnn(Cc3ccc(F)cc3)c2)cc1. The minimum absolute atomic E-state index is 0.125. The maximum atomic E-state index is 12.9. The fourth-order valence-corrected chi connectivity index (χ4v) is 3.28. The predicted molar refractivity (Wildman–Crippen MR) is 91.5 cm³/mol. The van der Waals surface area contributed by atoms with E-state index >= 15 is 0 Å². The molecule has 6 nitrogen and oxygen atoms in total. The molecule has 3 aromatic rings. The molecule has 0 aliphatic carbocycles. The lowest BCUT2D eigenvalue weighted by Gasteiger charge is -2.06. The summed E-state index contributed by atoms with van der Waals surface area (Å²) in [5.41, 5.74) is 1.20. The van der Waals surface area contributed by atoms with Crippen LogP contribution < -0.4 is 9.46 Å². The zero-order valence-electron chi connectivity index (χ0n) is 13.4. The fraction of sp³-hybridized carbons (Fsp3) is 0.118. The van der Waals surface area contributed by atoms with Gasteiger partial charge < -0.3 is 4.74 Å². The summed E-state index contributed by atoms with van der Waals surface area (Å²) in [6.07, 6.45) is 3.00. The van der Waals surface area contributed by atoms with Crippen LogP contribution in [0.3, 0.4) is 0 Å². The van der Waals surface area contributed by atoms with Crippen molar-refractivity contribution in [1.29, 1.82) is 0 Å². The number of methoxy groups -OCH3 is 1. The van der Waals surface area contributed by atoms with Crippen molar-refractivity contribution >= 4 is 15.7 Å². The van der Waals surface area contributed by atoms with Crippen molar-refractivity contribution in [2.75, 3.05) is 11.8 Å². The summed E-state index contributed by atoms with van der Waals surface area (Å²) in [5, 5.41) is 4.12. The summed E-state index contributed by atoms with van der Waals surface area (Å²) in [5.74, 6) is 0.267. The summed E-state index contributed by atoms with van der Waals surface area (Å²) in [4.78, 5) is 0.125. The Balaban J connectivity index is 1.72. The van der Waals surface area contributed by atoms with E-state index in [0.29, 0.717) is 18.0 Å². The molecule has 0 saturated carbocycles. The Bertz CT molecular complexity index is 952. The lowest BCUT2D eigenvalue weighted by molar-refractivity contribution is 0.414. The van der Waals surface area contributed by atoms with Gasteiger partial charge in [0.1, 0.15) is 11.6 Å². The van der Waals surface area contributed by atoms with Gasteiger partial charge in [0.05, 0.1) is 30.4 Å². The molecule has 130 valence electrons. The number of aromatic nitrogens is 2. The third-order valence-electron chi connectivity index (χ3n) is 3.51. The second-order valence-corrected chi connectivity index (χ2v) is 7.02. The van der Waals surface area contributed by atoms with Crippen LogP contribution in [-0.2, 0) is 16.6 Å². The first kappa shape index (κ1) is 17.0. The molecular weight excluding hydrogens is 345 g/mol. The van der Waals surface area contributed by atoms with E-state index in [1.165, 1.54) is 37.6 Å². The van der Waals surface area contributed by atoms with Crippen molar-refractivity contribution in [3.05, 3.63) is 72.3 Å². The van der Waals surface area contributed by atoms with Crippen molar-refractivity contribution in [2.45, 2.75) is 11.4 Å². The van der Waals surface area contributed by atoms with Gasteiger partial charge in [-0.1, -0.05) is 12.1 Å². The first-order valence-electron chi connectivity index (χ1n) is 7.40. The number of benzene rings is 2. The van der Waals surface area contributed by atoms with Gasteiger partial charge in [0.25, 0.3) is 10.0 Å². The predicted octanol–water partition coefficient (Wildman–Crippen LogP) is 2.88. The molecule has 1 heterocycles. The molecule has 0 atom stereocenters. The highest BCUT2D eigenvalue weighted by atomic mass is 32.2. The van der Waals surface area contributed by atoms with Crippen LogP contribution >= 0.6 is 0 Å². The molecule has 3 rings (SSSR count). The Hall–Kier alpha value is -2.87. The minimum atomic E-state index is -3.71. The van der Waals surface area contributed by atoms with E-state index in [1.54, 1.807) is 35.1 Å². The van der Waals surface area contributed by atoms with E-state index in [1.807, 2.05) is 0 Å². The van der Waals surface area contributed by atoms with E-state index in [9.17, 15) is 12.8 Å². The number of rotatable bonds is 6. The molecule has 0 aliphatic rings. The van der Waals surface area contributed by atoms with Crippen molar-refractivity contribution in [2.24, 2.45) is 0 Å². The molecule has 0 radical (unpaired) electrons. The highest BCUT2D eigenvalue weighted by Crippen LogP contribution is 2.19. The Morgan fingerprint density at radius 2 is 1.80 bits per heavy atom. The quantitative estimate of drug-likeness (QED) is 0.733. The second-order valence-electron chi connectivity index (χ2n) is 5.33. The highest BCUT2D eigenvalue weighted by Gasteiger charge is 2.15. The Kier molecular flexibility index (Phi) is 4.71. The van der Waals surface area contributed by atoms with Crippen LogP contribution in [0.1, 0.15) is 5.56 Å². The molecule has 0 fully saturated rings. The number of nitrogens with one attached hydrogen (secondary N) is 1. The summed E-state index contributed by atoms with van der Waals surface area (Å²) in [7, 11) is -2.20. The fourth-order valence-electron chi connectivity index (χ4n) is 2.25. The number of halogens is 1. The molecule has 0 bridgehead atoms. The summed E-state index contributed by atoms with van der Waals surface area (Å²) < 4.78 is 46.7. The van der Waals surface area contributed by atoms with Crippen molar-refractivity contribution in [3.8, 4) is 5.75 Å². The first-order valence-corrected chi connectivity index (χ1v) is 8.88. The van der Waals surface area contributed by atoms with Gasteiger partial charge in [-0.3, -0.25) is 9.40 Å². The van der Waals surface area contributed by atoms with E-state index in [4.69, 9.17) is 4.74 Å². The van der Waals surface area contributed by atoms with E-state index < -0.39 is 10.0 Å². The van der Waals surface area contributed by atoms with Crippen LogP contribution in [0.15, 0.2) is 65.8 Å². The number of sulfonamides is 1. The third-order valence-corrected chi connectivity index (χ3v) is 4.91. The highest BCUT2D eigenvalue weighted by molar-refractivity contribution is 7.92. The summed E-state index contributed by atoms with van der Waals surface area (Å²) >= 11 is 0. The molecule has 8 heteroatoms. The molecule has 0 spiro atoms. The first-order chi connectivity index (χ1) is 12.0. The number of hydrogen-bond acceptors (Lipinski definition) is 4. The summed E-state index contributed by atoms with van der Waals surface area (Å²) in [6.45, 7) is 0.407. The van der Waals surface area contributed by atoms with Crippen molar-refractivity contribution in [3.63, 3.8) is 0 Å². The van der Waals surface area contributed by atoms with Gasteiger partial charge in [0.15, 0.2) is 0 Å². The van der Waals surface area contributed by atoms with Crippen LogP contribution in [0.4, 0.5) is 10.1 Å². The Morgan fingerprint density at radius 3 is 2.44 bits per heavy atom. The van der Waals surface area contributed by atoms with E-state index in [-0.39, 0.29) is 10.7 Å². The third kappa shape index (κ3) is 4.16. The topological polar surface area (TPSA) is 73.2 Å². The van der Waals surface area contributed by atoms with Crippen LogP contribution in [0.5, 0.6) is 5.75 Å². The molecule has 0 amide bonds. The number of ether oxygens (including phenoxy) is 1. The monoisotopic (exact) mass is 361 g/mol. The van der Waals surface area contributed by atoms with Gasteiger partial charge >= 0.3 is 0 Å². The van der Waals surface area contributed by atoms with Gasteiger partial charge in [-0.05, 0) is 42.0 Å². The van der Waals surface area contributed by atoms with Crippen LogP contribution in [-0.4, -0.2) is 25.3 Å². The maximum Gasteiger partial charge on any atom is 0.261 e. The van der Waals surface area contributed by atoms with Gasteiger partial charge in [-0.25, -0.2) is 12.8 Å². The number of hydrogen-bond donors (Lipinski definition) is 1. The Labute approximate surface area is 144 Å². The smallest absolute Gasteiger partial charge is 0.261 e. The molecule has 1 N–H and O–H groups in total. The van der Waals surface area contributed by atoms with Crippen molar-refractivity contribution in [1.82, 2.24) is 9.78 Å². The molecule has 0 unspecified atom stereocenters. The molecule has 2 aromatic carbocycles. The van der Waals surface area contributed by atoms with Gasteiger partial charge in [0.2, 0.25) is 0 Å². The van der Waals surface area contributed by atoms with Crippen LogP contribution in [0, 0.1) is 5.82 Å². The zero-order chi connectivity index (χ0) is 17.9. The zero-order valence-corrected chi connectivity index (χ0v) is 14.2. The molecule has 0 saturated heterocycles. The lowest BCUT2D eigenvalue weighted by Crippen LogP contribution is -2.12. The molecule has 0 aliphatic heterocycles. The average molecular weight is 361 g/mol.